The highest BCUT2D eigenvalue weighted by atomic mass is 35.5. The number of nitrogens with zero attached hydrogens (tertiary/aromatic N) is 8. The van der Waals surface area contributed by atoms with Crippen LogP contribution in [0.2, 0.25) is 5.02 Å². The van der Waals surface area contributed by atoms with Crippen LogP contribution in [-0.4, -0.2) is 74.3 Å². The molecule has 0 radical (unpaired) electrons. The number of nitrogens with one attached hydrogen (secondary N) is 2. The van der Waals surface area contributed by atoms with Gasteiger partial charge in [-0.2, -0.15) is 30.1 Å². The number of rotatable bonds is 7. The second-order valence-corrected chi connectivity index (χ2v) is 11.5. The van der Waals surface area contributed by atoms with Gasteiger partial charge in [-0.15, -0.1) is 0 Å². The van der Waals surface area contributed by atoms with E-state index in [1.807, 2.05) is 20.8 Å². The molecule has 1 saturated carbocycles. The first kappa shape index (κ1) is 27.4. The van der Waals surface area contributed by atoms with Crippen LogP contribution in [0.5, 0.6) is 0 Å². The van der Waals surface area contributed by atoms with Gasteiger partial charge in [0.25, 0.3) is 0 Å². The summed E-state index contributed by atoms with van der Waals surface area (Å²) in [6, 6.07) is 8.06. The molecule has 1 saturated heterocycles. The van der Waals surface area contributed by atoms with Crippen molar-refractivity contribution < 1.29 is 9.53 Å². The Hall–Kier alpha value is -4.13. The van der Waals surface area contributed by atoms with Crippen LogP contribution in [0.15, 0.2) is 18.3 Å². The highest BCUT2D eigenvalue weighted by molar-refractivity contribution is 6.36. The minimum atomic E-state index is -0.531. The van der Waals surface area contributed by atoms with Gasteiger partial charge in [0.05, 0.1) is 40.8 Å². The number of hydrogen-bond donors (Lipinski definition) is 2. The number of nitriles is 2. The van der Waals surface area contributed by atoms with E-state index in [9.17, 15) is 15.3 Å². The summed E-state index contributed by atoms with van der Waals surface area (Å²) in [7, 11) is 0. The minimum Gasteiger partial charge on any atom is -0.459 e. The Balaban J connectivity index is 1.40. The average molecular weight is 563 g/mol. The second-order valence-electron chi connectivity index (χ2n) is 11.2. The summed E-state index contributed by atoms with van der Waals surface area (Å²) in [5, 5.41) is 30.5. The molecule has 0 spiro atoms. The van der Waals surface area contributed by atoms with Crippen LogP contribution in [-0.2, 0) is 9.53 Å². The van der Waals surface area contributed by atoms with E-state index in [0.29, 0.717) is 64.8 Å². The van der Waals surface area contributed by atoms with Gasteiger partial charge in [-0.3, -0.25) is 9.69 Å². The number of hydrogen-bond acceptors (Lipinski definition) is 11. The number of aromatic nitrogens is 4. The van der Waals surface area contributed by atoms with Gasteiger partial charge in [0.15, 0.2) is 5.65 Å². The van der Waals surface area contributed by atoms with Gasteiger partial charge >= 0.3 is 5.97 Å². The Labute approximate surface area is 237 Å². The molecule has 1 atom stereocenters. The number of carbonyl (C=O) groups is 1. The second kappa shape index (κ2) is 10.8. The van der Waals surface area contributed by atoms with E-state index < -0.39 is 5.60 Å². The molecule has 1 aromatic carbocycles. The van der Waals surface area contributed by atoms with Crippen LogP contribution in [0, 0.1) is 22.7 Å². The van der Waals surface area contributed by atoms with Crippen LogP contribution >= 0.6 is 11.6 Å². The first-order valence-electron chi connectivity index (χ1n) is 13.2. The fraction of sp³-hybridized carbons (Fsp3) is 0.481. The molecule has 0 amide bonds. The number of piperazine rings is 1. The number of halogens is 1. The molecule has 12 nitrogen and oxygen atoms in total. The molecule has 2 aromatic heterocycles. The summed E-state index contributed by atoms with van der Waals surface area (Å²) >= 11 is 6.93. The first-order chi connectivity index (χ1) is 19.0. The van der Waals surface area contributed by atoms with E-state index >= 15 is 0 Å². The summed E-state index contributed by atoms with van der Waals surface area (Å²) in [6.07, 6.45) is 3.52. The van der Waals surface area contributed by atoms with Crippen LogP contribution < -0.4 is 15.5 Å². The minimum absolute atomic E-state index is 0.0161. The summed E-state index contributed by atoms with van der Waals surface area (Å²) in [5.41, 5.74) is 1.75. The molecule has 2 aliphatic rings. The van der Waals surface area contributed by atoms with Crippen molar-refractivity contribution in [3.63, 3.8) is 0 Å². The monoisotopic (exact) mass is 562 g/mol. The van der Waals surface area contributed by atoms with Gasteiger partial charge < -0.3 is 20.3 Å². The number of carbonyl (C=O) groups excluding carboxylic acids is 1. The number of benzene rings is 1. The molecule has 13 heteroatoms. The molecule has 40 heavy (non-hydrogen) atoms. The Morgan fingerprint density at radius 2 is 1.98 bits per heavy atom. The Kier molecular flexibility index (Phi) is 7.41. The van der Waals surface area contributed by atoms with Crippen molar-refractivity contribution in [1.82, 2.24) is 24.5 Å². The summed E-state index contributed by atoms with van der Waals surface area (Å²) in [6.45, 7) is 9.70. The van der Waals surface area contributed by atoms with Crippen molar-refractivity contribution >= 4 is 46.5 Å². The standard InChI is InChI=1S/C27H31ClN10O2/c1-16-14-36(15-22(39)40-27(2,3)4)7-8-37(16)21-10-17(11-29)9-20(23(21)28)33-25-34-24-18(12-30)13-31-38(24)26(35-25)32-19-5-6-19/h9-10,13,16,19H,5-8,14-15H2,1-4H3,(H2,32,33,34,35)/t16-/m0/s1. The maximum atomic E-state index is 12.3. The molecule has 1 aliphatic carbocycles. The van der Waals surface area contributed by atoms with Gasteiger partial charge in [0, 0.05) is 31.7 Å². The van der Waals surface area contributed by atoms with Crippen molar-refractivity contribution in [2.24, 2.45) is 0 Å². The third kappa shape index (κ3) is 6.03. The van der Waals surface area contributed by atoms with Crippen LogP contribution in [0.1, 0.15) is 51.7 Å². The fourth-order valence-electron chi connectivity index (χ4n) is 4.70. The van der Waals surface area contributed by atoms with E-state index in [0.717, 1.165) is 12.8 Å². The molecule has 0 unspecified atom stereocenters. The summed E-state index contributed by atoms with van der Waals surface area (Å²) in [4.78, 5) is 25.7. The summed E-state index contributed by atoms with van der Waals surface area (Å²) < 4.78 is 6.99. The average Bonchev–Trinajstić information content (AvgIpc) is 3.60. The quantitative estimate of drug-likeness (QED) is 0.406. The number of fused-ring (bicyclic) bond motifs is 1. The van der Waals surface area contributed by atoms with Crippen molar-refractivity contribution in [2.75, 3.05) is 41.7 Å². The summed E-state index contributed by atoms with van der Waals surface area (Å²) in [5.74, 6) is 0.444. The topological polar surface area (TPSA) is 148 Å². The zero-order chi connectivity index (χ0) is 28.6. The third-order valence-corrected chi connectivity index (χ3v) is 7.02. The zero-order valence-corrected chi connectivity index (χ0v) is 23.7. The van der Waals surface area contributed by atoms with Gasteiger partial charge in [0.2, 0.25) is 11.9 Å². The Morgan fingerprint density at radius 3 is 2.62 bits per heavy atom. The van der Waals surface area contributed by atoms with Crippen LogP contribution in [0.3, 0.4) is 0 Å². The van der Waals surface area contributed by atoms with Crippen molar-refractivity contribution in [2.45, 2.75) is 58.2 Å². The predicted octanol–water partition coefficient (Wildman–Crippen LogP) is 3.69. The largest absolute Gasteiger partial charge is 0.459 e. The maximum absolute atomic E-state index is 12.3. The Morgan fingerprint density at radius 1 is 1.20 bits per heavy atom. The molecule has 3 heterocycles. The lowest BCUT2D eigenvalue weighted by Gasteiger charge is -2.41. The van der Waals surface area contributed by atoms with E-state index in [2.05, 4.69) is 54.6 Å². The number of esters is 1. The van der Waals surface area contributed by atoms with E-state index in [1.165, 1.54) is 10.7 Å². The van der Waals surface area contributed by atoms with E-state index in [-0.39, 0.29) is 24.5 Å². The van der Waals surface area contributed by atoms with Gasteiger partial charge in [-0.1, -0.05) is 11.6 Å². The lowest BCUT2D eigenvalue weighted by molar-refractivity contribution is -0.156. The molecule has 2 fully saturated rings. The highest BCUT2D eigenvalue weighted by Gasteiger charge is 2.29. The molecule has 208 valence electrons. The Bertz CT molecular complexity index is 1530. The van der Waals surface area contributed by atoms with Crippen LogP contribution in [0.25, 0.3) is 5.65 Å². The van der Waals surface area contributed by atoms with E-state index in [1.54, 1.807) is 12.1 Å². The lowest BCUT2D eigenvalue weighted by Crippen LogP contribution is -2.53. The zero-order valence-electron chi connectivity index (χ0n) is 22.9. The van der Waals surface area contributed by atoms with Crippen molar-refractivity contribution in [1.29, 1.82) is 10.5 Å². The molecular formula is C27H31ClN10O2. The van der Waals surface area contributed by atoms with Gasteiger partial charge in [-0.25, -0.2) is 0 Å². The molecule has 1 aliphatic heterocycles. The maximum Gasteiger partial charge on any atom is 0.320 e. The van der Waals surface area contributed by atoms with Crippen molar-refractivity contribution in [3.8, 4) is 12.1 Å². The highest BCUT2D eigenvalue weighted by Crippen LogP contribution is 2.37. The first-order valence-corrected chi connectivity index (χ1v) is 13.6. The van der Waals surface area contributed by atoms with Gasteiger partial charge in [-0.05, 0) is 52.7 Å². The molecular weight excluding hydrogens is 532 g/mol. The normalized spacial score (nSPS) is 17.8. The molecule has 5 rings (SSSR count). The molecule has 3 aromatic rings. The fourth-order valence-corrected chi connectivity index (χ4v) is 4.97. The van der Waals surface area contributed by atoms with E-state index in [4.69, 9.17) is 16.3 Å². The number of anilines is 4. The van der Waals surface area contributed by atoms with Crippen molar-refractivity contribution in [3.05, 3.63) is 34.5 Å². The number of ether oxygens (including phenoxy) is 1. The van der Waals surface area contributed by atoms with Gasteiger partial charge in [0.1, 0.15) is 17.2 Å². The predicted molar refractivity (Wildman–Crippen MR) is 151 cm³/mol. The third-order valence-electron chi connectivity index (χ3n) is 6.62. The molecule has 0 bridgehead atoms. The molecule has 2 N–H and O–H groups in total. The lowest BCUT2D eigenvalue weighted by atomic mass is 10.1. The van der Waals surface area contributed by atoms with Crippen LogP contribution in [0.4, 0.5) is 23.3 Å². The SMILES string of the molecule is C[C@H]1CN(CC(=O)OC(C)(C)C)CCN1c1cc(C#N)cc(Nc2nc(NC3CC3)n3ncc(C#N)c3n2)c1Cl. The smallest absolute Gasteiger partial charge is 0.320 e.